The number of carbonyl (C=O) groups is 1. The molecular weight excluding hydrogens is 446 g/mol. The van der Waals surface area contributed by atoms with Gasteiger partial charge in [0.15, 0.2) is 0 Å². The summed E-state index contributed by atoms with van der Waals surface area (Å²) in [5.74, 6) is -1.73. The number of carbonyl (C=O) groups excluding carboxylic acids is 1. The summed E-state index contributed by atoms with van der Waals surface area (Å²) in [6.07, 6.45) is 0.140. The van der Waals surface area contributed by atoms with E-state index in [9.17, 15) is 22.0 Å². The summed E-state index contributed by atoms with van der Waals surface area (Å²) in [6, 6.07) is 14.1. The fourth-order valence-electron chi connectivity index (χ4n) is 3.52. The summed E-state index contributed by atoms with van der Waals surface area (Å²) >= 11 is 6.01. The summed E-state index contributed by atoms with van der Waals surface area (Å²) in [7, 11) is -4.11. The first-order valence-electron chi connectivity index (χ1n) is 9.36. The van der Waals surface area contributed by atoms with Crippen LogP contribution >= 0.6 is 11.6 Å². The molecule has 0 aromatic heterocycles. The molecule has 1 aliphatic heterocycles. The van der Waals surface area contributed by atoms with Crippen LogP contribution in [0.3, 0.4) is 0 Å². The molecule has 3 aromatic rings. The lowest BCUT2D eigenvalue weighted by Crippen LogP contribution is -2.50. The van der Waals surface area contributed by atoms with E-state index in [0.29, 0.717) is 0 Å². The van der Waals surface area contributed by atoms with Crippen molar-refractivity contribution in [3.63, 3.8) is 0 Å². The molecule has 9 heteroatoms. The topological polar surface area (TPSA) is 66.5 Å². The number of hydrogen-bond donors (Lipinski definition) is 1. The molecule has 3 aromatic carbocycles. The lowest BCUT2D eigenvalue weighted by atomic mass is 9.95. The van der Waals surface area contributed by atoms with Gasteiger partial charge in [-0.25, -0.2) is 17.2 Å². The smallest absolute Gasteiger partial charge is 0.244 e. The Kier molecular flexibility index (Phi) is 5.79. The number of rotatable bonds is 4. The van der Waals surface area contributed by atoms with Crippen LogP contribution in [0, 0.1) is 11.6 Å². The highest BCUT2D eigenvalue weighted by Crippen LogP contribution is 2.31. The lowest BCUT2D eigenvalue weighted by molar-refractivity contribution is -0.120. The van der Waals surface area contributed by atoms with Crippen molar-refractivity contribution in [3.05, 3.63) is 94.5 Å². The summed E-state index contributed by atoms with van der Waals surface area (Å²) in [5.41, 5.74) is 1.79. The third kappa shape index (κ3) is 4.32. The number of sulfonamides is 1. The lowest BCUT2D eigenvalue weighted by Gasteiger charge is -2.35. The van der Waals surface area contributed by atoms with E-state index in [1.54, 1.807) is 12.1 Å². The van der Waals surface area contributed by atoms with Crippen LogP contribution in [-0.4, -0.2) is 24.7 Å². The molecule has 1 unspecified atom stereocenters. The van der Waals surface area contributed by atoms with Gasteiger partial charge in [-0.05, 0) is 60.0 Å². The van der Waals surface area contributed by atoms with Crippen molar-refractivity contribution in [2.45, 2.75) is 23.9 Å². The molecule has 160 valence electrons. The van der Waals surface area contributed by atoms with Gasteiger partial charge in [-0.15, -0.1) is 0 Å². The van der Waals surface area contributed by atoms with E-state index in [1.807, 2.05) is 12.1 Å². The van der Waals surface area contributed by atoms with Gasteiger partial charge in [0.05, 0.1) is 15.6 Å². The van der Waals surface area contributed by atoms with Crippen LogP contribution in [-0.2, 0) is 27.8 Å². The van der Waals surface area contributed by atoms with Gasteiger partial charge in [-0.3, -0.25) is 4.79 Å². The minimum Gasteiger partial charge on any atom is -0.323 e. The molecule has 0 spiro atoms. The van der Waals surface area contributed by atoms with Gasteiger partial charge in [0.2, 0.25) is 15.9 Å². The fourth-order valence-corrected chi connectivity index (χ4v) is 5.30. The number of amides is 1. The van der Waals surface area contributed by atoms with E-state index >= 15 is 0 Å². The largest absolute Gasteiger partial charge is 0.323 e. The molecular formula is C22H17ClF2N2O3S. The van der Waals surface area contributed by atoms with Crippen LogP contribution < -0.4 is 5.32 Å². The molecule has 1 heterocycles. The SMILES string of the molecule is O=C(Nc1ccc(F)cc1Cl)C1Cc2ccccc2CN1S(=O)(=O)c1ccc(F)cc1. The summed E-state index contributed by atoms with van der Waals surface area (Å²) < 4.78 is 54.4. The van der Waals surface area contributed by atoms with E-state index in [0.717, 1.165) is 51.8 Å². The molecule has 4 rings (SSSR count). The minimum atomic E-state index is -4.11. The Hall–Kier alpha value is -2.81. The van der Waals surface area contributed by atoms with Gasteiger partial charge < -0.3 is 5.32 Å². The van der Waals surface area contributed by atoms with Crippen LogP contribution in [0.2, 0.25) is 5.02 Å². The normalized spacial score (nSPS) is 16.5. The average Bonchev–Trinajstić information content (AvgIpc) is 2.75. The van der Waals surface area contributed by atoms with E-state index in [-0.39, 0.29) is 28.6 Å². The van der Waals surface area contributed by atoms with E-state index in [4.69, 9.17) is 11.6 Å². The van der Waals surface area contributed by atoms with Crippen molar-refractivity contribution in [3.8, 4) is 0 Å². The Morgan fingerprint density at radius 3 is 2.29 bits per heavy atom. The average molecular weight is 463 g/mol. The second-order valence-electron chi connectivity index (χ2n) is 7.11. The number of nitrogens with zero attached hydrogens (tertiary/aromatic N) is 1. The van der Waals surface area contributed by atoms with Crippen LogP contribution in [0.1, 0.15) is 11.1 Å². The molecule has 0 saturated heterocycles. The quantitative estimate of drug-likeness (QED) is 0.626. The third-order valence-electron chi connectivity index (χ3n) is 5.12. The summed E-state index contributed by atoms with van der Waals surface area (Å²) in [4.78, 5) is 13.0. The minimum absolute atomic E-state index is 0.00231. The Morgan fingerprint density at radius 1 is 0.968 bits per heavy atom. The first-order valence-corrected chi connectivity index (χ1v) is 11.2. The Bertz CT molecular complexity index is 1250. The molecule has 5 nitrogen and oxygen atoms in total. The second kappa shape index (κ2) is 8.37. The zero-order valence-corrected chi connectivity index (χ0v) is 17.6. The van der Waals surface area contributed by atoms with Crippen LogP contribution in [0.15, 0.2) is 71.6 Å². The zero-order valence-electron chi connectivity index (χ0n) is 16.1. The number of hydrogen-bond acceptors (Lipinski definition) is 3. The monoisotopic (exact) mass is 462 g/mol. The Morgan fingerprint density at radius 2 is 1.61 bits per heavy atom. The van der Waals surface area contributed by atoms with Crippen LogP contribution in [0.25, 0.3) is 0 Å². The summed E-state index contributed by atoms with van der Waals surface area (Å²) in [6.45, 7) is -0.0227. The van der Waals surface area contributed by atoms with E-state index in [2.05, 4.69) is 5.32 Å². The highest BCUT2D eigenvalue weighted by molar-refractivity contribution is 7.89. The molecule has 0 radical (unpaired) electrons. The van der Waals surface area contributed by atoms with Crippen molar-refractivity contribution in [2.75, 3.05) is 5.32 Å². The maximum Gasteiger partial charge on any atom is 0.244 e. The predicted octanol–water partition coefficient (Wildman–Crippen LogP) is 4.37. The van der Waals surface area contributed by atoms with Gasteiger partial charge in [-0.2, -0.15) is 4.31 Å². The molecule has 1 aliphatic rings. The first-order chi connectivity index (χ1) is 14.8. The highest BCUT2D eigenvalue weighted by Gasteiger charge is 2.39. The van der Waals surface area contributed by atoms with Gasteiger partial charge >= 0.3 is 0 Å². The maximum atomic E-state index is 13.3. The predicted molar refractivity (Wildman–Crippen MR) is 113 cm³/mol. The molecule has 1 N–H and O–H groups in total. The van der Waals surface area contributed by atoms with E-state index < -0.39 is 33.6 Å². The second-order valence-corrected chi connectivity index (χ2v) is 9.40. The van der Waals surface area contributed by atoms with Crippen molar-refractivity contribution < 1.29 is 22.0 Å². The van der Waals surface area contributed by atoms with E-state index in [1.165, 1.54) is 6.07 Å². The highest BCUT2D eigenvalue weighted by atomic mass is 35.5. The standard InChI is InChI=1S/C22H17ClF2N2O3S/c23-19-12-17(25)7-10-20(19)26-22(28)21-11-14-3-1-2-4-15(14)13-27(21)31(29,30)18-8-5-16(24)6-9-18/h1-10,12,21H,11,13H2,(H,26,28). The molecule has 0 saturated carbocycles. The Balaban J connectivity index is 1.72. The van der Waals surface area contributed by atoms with Crippen LogP contribution in [0.5, 0.6) is 0 Å². The number of anilines is 1. The van der Waals surface area contributed by atoms with Gasteiger partial charge in [-0.1, -0.05) is 35.9 Å². The van der Waals surface area contributed by atoms with Gasteiger partial charge in [0.1, 0.15) is 17.7 Å². The molecule has 0 bridgehead atoms. The third-order valence-corrected chi connectivity index (χ3v) is 7.30. The van der Waals surface area contributed by atoms with Crippen molar-refractivity contribution in [1.82, 2.24) is 4.31 Å². The Labute approximate surface area is 183 Å². The molecule has 0 fully saturated rings. The molecule has 31 heavy (non-hydrogen) atoms. The van der Waals surface area contributed by atoms with Crippen molar-refractivity contribution >= 4 is 33.2 Å². The van der Waals surface area contributed by atoms with Gasteiger partial charge in [0.25, 0.3) is 0 Å². The number of benzene rings is 3. The maximum absolute atomic E-state index is 13.3. The van der Waals surface area contributed by atoms with Gasteiger partial charge in [0, 0.05) is 6.54 Å². The molecule has 1 amide bonds. The van der Waals surface area contributed by atoms with Crippen molar-refractivity contribution in [2.24, 2.45) is 0 Å². The fraction of sp³-hybridized carbons (Fsp3) is 0.136. The van der Waals surface area contributed by atoms with Crippen LogP contribution in [0.4, 0.5) is 14.5 Å². The first kappa shape index (κ1) is 21.4. The zero-order chi connectivity index (χ0) is 22.2. The number of fused-ring (bicyclic) bond motifs is 1. The molecule has 1 atom stereocenters. The number of halogens is 3. The summed E-state index contributed by atoms with van der Waals surface area (Å²) in [5, 5.41) is 2.59. The van der Waals surface area contributed by atoms with Crippen molar-refractivity contribution in [1.29, 1.82) is 0 Å². The number of nitrogens with one attached hydrogen (secondary N) is 1. The molecule has 0 aliphatic carbocycles.